The number of halogens is 2. The average Bonchev–Trinajstić information content (AvgIpc) is 2.99. The van der Waals surface area contributed by atoms with E-state index in [1.165, 1.54) is 12.1 Å². The van der Waals surface area contributed by atoms with Crippen LogP contribution >= 0.6 is 15.9 Å². The fraction of sp³-hybridized carbons (Fsp3) is 0.111. The number of hydrogen-bond acceptors (Lipinski definition) is 2. The van der Waals surface area contributed by atoms with Crippen LogP contribution in [0.1, 0.15) is 27.8 Å². The number of carbonyl (C=O) groups excluding carboxylic acids is 1. The van der Waals surface area contributed by atoms with Crippen LogP contribution in [-0.4, -0.2) is 15.5 Å². The number of aromatic nitrogens is 2. The highest BCUT2D eigenvalue weighted by molar-refractivity contribution is 9.10. The molecular formula is C18H15BrFN3O. The van der Waals surface area contributed by atoms with E-state index >= 15 is 0 Å². The number of nitrogens with one attached hydrogen (secondary N) is 1. The largest absolute Gasteiger partial charge is 0.338 e. The van der Waals surface area contributed by atoms with Crippen molar-refractivity contribution in [3.63, 3.8) is 0 Å². The Kier molecular flexibility index (Phi) is 4.76. The first kappa shape index (κ1) is 16.4. The Labute approximate surface area is 147 Å². The minimum atomic E-state index is -0.481. The summed E-state index contributed by atoms with van der Waals surface area (Å²) in [6, 6.07) is 12.7. The molecule has 1 aromatic heterocycles. The first-order valence-corrected chi connectivity index (χ1v) is 8.13. The third-order valence-corrected chi connectivity index (χ3v) is 4.41. The number of nitrogens with zero attached hydrogens (tertiary/aromatic N) is 2. The lowest BCUT2D eigenvalue weighted by Gasteiger charge is -2.19. The summed E-state index contributed by atoms with van der Waals surface area (Å²) in [7, 11) is 1.85. The Morgan fingerprint density at radius 1 is 1.21 bits per heavy atom. The van der Waals surface area contributed by atoms with Crippen LogP contribution in [0.4, 0.5) is 4.39 Å². The summed E-state index contributed by atoms with van der Waals surface area (Å²) in [6.07, 6.45) is 3.47. The monoisotopic (exact) mass is 387 g/mol. The summed E-state index contributed by atoms with van der Waals surface area (Å²) in [5, 5.41) is 2.98. The SMILES string of the molecule is Cn1ccnc1C(NC(=O)c1ccccc1Br)c1ccc(F)cc1. The highest BCUT2D eigenvalue weighted by atomic mass is 79.9. The van der Waals surface area contributed by atoms with Gasteiger partial charge in [-0.1, -0.05) is 24.3 Å². The summed E-state index contributed by atoms with van der Waals surface area (Å²) in [5.41, 5.74) is 1.28. The Bertz CT molecular complexity index is 861. The molecule has 0 bridgehead atoms. The molecule has 6 heteroatoms. The first-order valence-electron chi connectivity index (χ1n) is 7.34. The molecule has 0 spiro atoms. The lowest BCUT2D eigenvalue weighted by Crippen LogP contribution is -2.31. The summed E-state index contributed by atoms with van der Waals surface area (Å²) in [5.74, 6) is 0.108. The lowest BCUT2D eigenvalue weighted by molar-refractivity contribution is 0.0940. The number of aryl methyl sites for hydroxylation is 1. The molecule has 4 nitrogen and oxygen atoms in total. The molecular weight excluding hydrogens is 373 g/mol. The van der Waals surface area contributed by atoms with Gasteiger partial charge >= 0.3 is 0 Å². The van der Waals surface area contributed by atoms with Crippen LogP contribution in [0.15, 0.2) is 65.4 Å². The molecule has 0 aliphatic carbocycles. The molecule has 122 valence electrons. The van der Waals surface area contributed by atoms with Crippen molar-refractivity contribution in [1.29, 1.82) is 0 Å². The molecule has 1 N–H and O–H groups in total. The van der Waals surface area contributed by atoms with Crippen LogP contribution in [-0.2, 0) is 7.05 Å². The highest BCUT2D eigenvalue weighted by Crippen LogP contribution is 2.23. The molecule has 0 radical (unpaired) electrons. The first-order chi connectivity index (χ1) is 11.6. The minimum Gasteiger partial charge on any atom is -0.338 e. The summed E-state index contributed by atoms with van der Waals surface area (Å²) >= 11 is 3.38. The van der Waals surface area contributed by atoms with Gasteiger partial charge in [-0.15, -0.1) is 0 Å². The zero-order valence-electron chi connectivity index (χ0n) is 12.9. The van der Waals surface area contributed by atoms with Crippen molar-refractivity contribution >= 4 is 21.8 Å². The number of imidazole rings is 1. The van der Waals surface area contributed by atoms with E-state index in [1.54, 1.807) is 36.7 Å². The zero-order valence-corrected chi connectivity index (χ0v) is 14.5. The highest BCUT2D eigenvalue weighted by Gasteiger charge is 2.22. The molecule has 3 aromatic rings. The second-order valence-corrected chi connectivity index (χ2v) is 6.19. The van der Waals surface area contributed by atoms with Crippen molar-refractivity contribution in [2.24, 2.45) is 7.05 Å². The number of amides is 1. The minimum absolute atomic E-state index is 0.236. The molecule has 1 unspecified atom stereocenters. The van der Waals surface area contributed by atoms with Crippen LogP contribution in [0.3, 0.4) is 0 Å². The second kappa shape index (κ2) is 6.97. The van der Waals surface area contributed by atoms with Crippen LogP contribution in [0.2, 0.25) is 0 Å². The van der Waals surface area contributed by atoms with Crippen molar-refractivity contribution in [2.75, 3.05) is 0 Å². The van der Waals surface area contributed by atoms with Crippen LogP contribution in [0.5, 0.6) is 0 Å². The maximum atomic E-state index is 13.2. The summed E-state index contributed by atoms with van der Waals surface area (Å²) < 4.78 is 15.8. The third kappa shape index (κ3) is 3.38. The normalized spacial score (nSPS) is 12.0. The van der Waals surface area contributed by atoms with Crippen molar-refractivity contribution in [2.45, 2.75) is 6.04 Å². The smallest absolute Gasteiger partial charge is 0.253 e. The predicted molar refractivity (Wildman–Crippen MR) is 93.1 cm³/mol. The fourth-order valence-corrected chi connectivity index (χ4v) is 2.93. The Morgan fingerprint density at radius 3 is 2.54 bits per heavy atom. The molecule has 3 rings (SSSR count). The van der Waals surface area contributed by atoms with E-state index < -0.39 is 6.04 Å². The summed E-state index contributed by atoms with van der Waals surface area (Å²) in [4.78, 5) is 17.0. The molecule has 2 aromatic carbocycles. The Balaban J connectivity index is 1.97. The van der Waals surface area contributed by atoms with Gasteiger partial charge in [0.2, 0.25) is 0 Å². The number of rotatable bonds is 4. The maximum absolute atomic E-state index is 13.2. The number of benzene rings is 2. The van der Waals surface area contributed by atoms with Crippen LogP contribution < -0.4 is 5.32 Å². The van der Waals surface area contributed by atoms with Gasteiger partial charge in [0.05, 0.1) is 5.56 Å². The molecule has 0 saturated heterocycles. The molecule has 1 atom stereocenters. The zero-order chi connectivity index (χ0) is 17.1. The van der Waals surface area contributed by atoms with Gasteiger partial charge in [-0.25, -0.2) is 9.37 Å². The molecule has 0 aliphatic rings. The number of hydrogen-bond donors (Lipinski definition) is 1. The molecule has 24 heavy (non-hydrogen) atoms. The van der Waals surface area contributed by atoms with E-state index in [-0.39, 0.29) is 11.7 Å². The molecule has 1 heterocycles. The Hall–Kier alpha value is -2.47. The third-order valence-electron chi connectivity index (χ3n) is 3.71. The lowest BCUT2D eigenvalue weighted by atomic mass is 10.1. The van der Waals surface area contributed by atoms with Crippen molar-refractivity contribution in [1.82, 2.24) is 14.9 Å². The van der Waals surface area contributed by atoms with E-state index in [4.69, 9.17) is 0 Å². The fourth-order valence-electron chi connectivity index (χ4n) is 2.46. The van der Waals surface area contributed by atoms with Crippen molar-refractivity contribution in [3.05, 3.63) is 88.2 Å². The van der Waals surface area contributed by atoms with Gasteiger partial charge in [-0.3, -0.25) is 4.79 Å². The van der Waals surface area contributed by atoms with Gasteiger partial charge in [-0.05, 0) is 45.8 Å². The van der Waals surface area contributed by atoms with Gasteiger partial charge in [0.1, 0.15) is 17.7 Å². The molecule has 0 aliphatic heterocycles. The van der Waals surface area contributed by atoms with E-state index in [0.717, 1.165) is 5.56 Å². The molecule has 1 amide bonds. The van der Waals surface area contributed by atoms with Crippen LogP contribution in [0.25, 0.3) is 0 Å². The van der Waals surface area contributed by atoms with E-state index in [9.17, 15) is 9.18 Å². The standard InChI is InChI=1S/C18H15BrFN3O/c1-23-11-10-21-17(23)16(12-6-8-13(20)9-7-12)22-18(24)14-4-2-3-5-15(14)19/h2-11,16H,1H3,(H,22,24). The second-order valence-electron chi connectivity index (χ2n) is 5.33. The molecule has 0 fully saturated rings. The predicted octanol–water partition coefficient (Wildman–Crippen LogP) is 3.84. The van der Waals surface area contributed by atoms with Gasteiger partial charge in [0.25, 0.3) is 5.91 Å². The van der Waals surface area contributed by atoms with Gasteiger partial charge in [0, 0.05) is 23.9 Å². The van der Waals surface area contributed by atoms with Crippen molar-refractivity contribution in [3.8, 4) is 0 Å². The van der Waals surface area contributed by atoms with E-state index in [1.807, 2.05) is 23.7 Å². The van der Waals surface area contributed by atoms with Gasteiger partial charge < -0.3 is 9.88 Å². The van der Waals surface area contributed by atoms with Crippen molar-refractivity contribution < 1.29 is 9.18 Å². The van der Waals surface area contributed by atoms with Crippen LogP contribution in [0, 0.1) is 5.82 Å². The quantitative estimate of drug-likeness (QED) is 0.738. The number of carbonyl (C=O) groups is 1. The average molecular weight is 388 g/mol. The maximum Gasteiger partial charge on any atom is 0.253 e. The van der Waals surface area contributed by atoms with Gasteiger partial charge in [-0.2, -0.15) is 0 Å². The Morgan fingerprint density at radius 2 is 1.92 bits per heavy atom. The summed E-state index contributed by atoms with van der Waals surface area (Å²) in [6.45, 7) is 0. The topological polar surface area (TPSA) is 46.9 Å². The van der Waals surface area contributed by atoms with E-state index in [0.29, 0.717) is 15.9 Å². The molecule has 0 saturated carbocycles. The van der Waals surface area contributed by atoms with E-state index in [2.05, 4.69) is 26.2 Å². The van der Waals surface area contributed by atoms with Gasteiger partial charge in [0.15, 0.2) is 0 Å².